The number of hydrogen-bond acceptors (Lipinski definition) is 2. The molecule has 2 rings (SSSR count). The zero-order chi connectivity index (χ0) is 9.26. The fraction of sp³-hybridized carbons (Fsp3) is 0. The highest BCUT2D eigenvalue weighted by atomic mass is 127. The minimum Gasteiger partial charge on any atom is -0.263 e. The maximum absolute atomic E-state index is 4.22. The Hall–Kier alpha value is -0.180. The van der Waals surface area contributed by atoms with Crippen molar-refractivity contribution in [3.63, 3.8) is 0 Å². The van der Waals surface area contributed by atoms with E-state index in [0.717, 1.165) is 13.0 Å². The molecule has 0 aliphatic rings. The van der Waals surface area contributed by atoms with Gasteiger partial charge in [-0.2, -0.15) is 5.10 Å². The molecule has 0 radical (unpaired) electrons. The zero-order valence-electron chi connectivity index (χ0n) is 6.48. The summed E-state index contributed by atoms with van der Waals surface area (Å²) >= 11 is 4.50. The van der Waals surface area contributed by atoms with Crippen molar-refractivity contribution in [3.05, 3.63) is 38.0 Å². The van der Waals surface area contributed by atoms with Crippen molar-refractivity contribution in [1.82, 2.24) is 14.8 Å². The van der Waals surface area contributed by atoms with E-state index in [1.54, 1.807) is 12.4 Å². The molecular formula is C8H5I2N3. The van der Waals surface area contributed by atoms with E-state index in [9.17, 15) is 0 Å². The highest BCUT2D eigenvalue weighted by Crippen LogP contribution is 2.17. The highest BCUT2D eigenvalue weighted by molar-refractivity contribution is 14.1. The molecule has 0 saturated carbocycles. The van der Waals surface area contributed by atoms with Gasteiger partial charge in [-0.3, -0.25) is 4.98 Å². The molecule has 2 aromatic heterocycles. The molecule has 66 valence electrons. The quantitative estimate of drug-likeness (QED) is 0.693. The number of nitrogens with zero attached hydrogens (tertiary/aromatic N) is 3. The largest absolute Gasteiger partial charge is 0.263 e. The van der Waals surface area contributed by atoms with E-state index in [-0.39, 0.29) is 0 Å². The molecular weight excluding hydrogens is 392 g/mol. The molecule has 13 heavy (non-hydrogen) atoms. The first-order valence-electron chi connectivity index (χ1n) is 3.58. The van der Waals surface area contributed by atoms with E-state index in [4.69, 9.17) is 0 Å². The van der Waals surface area contributed by atoms with Crippen molar-refractivity contribution in [2.75, 3.05) is 0 Å². The number of pyridine rings is 1. The lowest BCUT2D eigenvalue weighted by Crippen LogP contribution is -2.00. The van der Waals surface area contributed by atoms with E-state index in [2.05, 4.69) is 55.3 Å². The van der Waals surface area contributed by atoms with Gasteiger partial charge in [0.25, 0.3) is 0 Å². The number of aromatic nitrogens is 3. The molecule has 0 aliphatic heterocycles. The van der Waals surface area contributed by atoms with Gasteiger partial charge in [0.15, 0.2) is 0 Å². The second kappa shape index (κ2) is 3.91. The monoisotopic (exact) mass is 397 g/mol. The van der Waals surface area contributed by atoms with E-state index in [0.29, 0.717) is 0 Å². The van der Waals surface area contributed by atoms with Crippen LogP contribution >= 0.6 is 45.2 Å². The third kappa shape index (κ3) is 1.85. The summed E-state index contributed by atoms with van der Waals surface area (Å²) in [5.41, 5.74) is 1.07. The van der Waals surface area contributed by atoms with Gasteiger partial charge in [-0.25, -0.2) is 4.68 Å². The van der Waals surface area contributed by atoms with Gasteiger partial charge >= 0.3 is 0 Å². The predicted molar refractivity (Wildman–Crippen MR) is 66.8 cm³/mol. The van der Waals surface area contributed by atoms with Gasteiger partial charge < -0.3 is 0 Å². The van der Waals surface area contributed by atoms with Gasteiger partial charge in [0, 0.05) is 12.4 Å². The van der Waals surface area contributed by atoms with Gasteiger partial charge in [0.2, 0.25) is 0 Å². The summed E-state index contributed by atoms with van der Waals surface area (Å²) in [5.74, 6) is 0. The summed E-state index contributed by atoms with van der Waals surface area (Å²) < 4.78 is 4.09. The first-order valence-corrected chi connectivity index (χ1v) is 5.74. The van der Waals surface area contributed by atoms with Gasteiger partial charge in [-0.1, -0.05) is 0 Å². The Balaban J connectivity index is 2.59. The van der Waals surface area contributed by atoms with E-state index >= 15 is 0 Å². The third-order valence-corrected chi connectivity index (χ3v) is 3.22. The molecule has 2 heterocycles. The molecule has 3 nitrogen and oxygen atoms in total. The van der Waals surface area contributed by atoms with Crippen LogP contribution in [0.15, 0.2) is 30.7 Å². The number of halogens is 2. The fourth-order valence-electron chi connectivity index (χ4n) is 1.00. The maximum Gasteiger partial charge on any atom is 0.105 e. The van der Waals surface area contributed by atoms with Crippen molar-refractivity contribution in [1.29, 1.82) is 0 Å². The first-order chi connectivity index (χ1) is 6.29. The Morgan fingerprint density at radius 2 is 2.00 bits per heavy atom. The van der Waals surface area contributed by atoms with Gasteiger partial charge in [0.05, 0.1) is 15.5 Å². The molecule has 0 bridgehead atoms. The molecule has 0 N–H and O–H groups in total. The average Bonchev–Trinajstić information content (AvgIpc) is 2.52. The topological polar surface area (TPSA) is 30.7 Å². The molecule has 0 atom stereocenters. The van der Waals surface area contributed by atoms with Crippen molar-refractivity contribution >= 4 is 45.2 Å². The normalized spacial score (nSPS) is 10.3. The second-order valence-corrected chi connectivity index (χ2v) is 4.66. The SMILES string of the molecule is Ic1cnccc1-n1nccc1I. The molecule has 0 saturated heterocycles. The summed E-state index contributed by atoms with van der Waals surface area (Å²) in [6.45, 7) is 0. The second-order valence-electron chi connectivity index (χ2n) is 2.39. The van der Waals surface area contributed by atoms with Crippen LogP contribution in [0, 0.1) is 7.27 Å². The van der Waals surface area contributed by atoms with Crippen molar-refractivity contribution in [2.45, 2.75) is 0 Å². The van der Waals surface area contributed by atoms with E-state index < -0.39 is 0 Å². The van der Waals surface area contributed by atoms with Gasteiger partial charge in [0.1, 0.15) is 3.70 Å². The van der Waals surface area contributed by atoms with Gasteiger partial charge in [-0.05, 0) is 57.3 Å². The number of rotatable bonds is 1. The Labute approximate surface area is 103 Å². The van der Waals surface area contributed by atoms with Crippen molar-refractivity contribution in [3.8, 4) is 5.69 Å². The predicted octanol–water partition coefficient (Wildman–Crippen LogP) is 2.48. The van der Waals surface area contributed by atoms with Crippen LogP contribution in [0.25, 0.3) is 5.69 Å². The average molecular weight is 397 g/mol. The van der Waals surface area contributed by atoms with Gasteiger partial charge in [-0.15, -0.1) is 0 Å². The summed E-state index contributed by atoms with van der Waals surface area (Å²) in [6.07, 6.45) is 5.39. The lowest BCUT2D eigenvalue weighted by Gasteiger charge is -2.04. The van der Waals surface area contributed by atoms with Crippen LogP contribution in [-0.2, 0) is 0 Å². The van der Waals surface area contributed by atoms with Crippen molar-refractivity contribution in [2.24, 2.45) is 0 Å². The standard InChI is InChI=1S/C8H5I2N3/c9-6-5-11-3-1-7(6)13-8(10)2-4-12-13/h1-5H. The summed E-state index contributed by atoms with van der Waals surface area (Å²) in [7, 11) is 0. The van der Waals surface area contributed by atoms with Crippen LogP contribution in [0.3, 0.4) is 0 Å². The van der Waals surface area contributed by atoms with Crippen LogP contribution in [0.4, 0.5) is 0 Å². The molecule has 0 aliphatic carbocycles. The summed E-state index contributed by atoms with van der Waals surface area (Å²) in [6, 6.07) is 3.92. The Bertz CT molecular complexity index is 425. The van der Waals surface area contributed by atoms with E-state index in [1.165, 1.54) is 0 Å². The van der Waals surface area contributed by atoms with Crippen LogP contribution < -0.4 is 0 Å². The lowest BCUT2D eigenvalue weighted by molar-refractivity contribution is 0.851. The maximum atomic E-state index is 4.22. The molecule has 0 aromatic carbocycles. The smallest absolute Gasteiger partial charge is 0.105 e. The first kappa shape index (κ1) is 9.38. The molecule has 5 heteroatoms. The van der Waals surface area contributed by atoms with Crippen LogP contribution in [0.5, 0.6) is 0 Å². The Morgan fingerprint density at radius 3 is 2.62 bits per heavy atom. The molecule has 0 spiro atoms. The molecule has 0 unspecified atom stereocenters. The minimum absolute atomic E-state index is 1.07. The molecule has 0 fully saturated rings. The fourth-order valence-corrected chi connectivity index (χ4v) is 2.12. The highest BCUT2D eigenvalue weighted by Gasteiger charge is 2.04. The third-order valence-electron chi connectivity index (χ3n) is 1.58. The summed E-state index contributed by atoms with van der Waals surface area (Å²) in [4.78, 5) is 4.03. The van der Waals surface area contributed by atoms with Crippen LogP contribution in [0.1, 0.15) is 0 Å². The Morgan fingerprint density at radius 1 is 1.15 bits per heavy atom. The van der Waals surface area contributed by atoms with Crippen LogP contribution in [0.2, 0.25) is 0 Å². The number of hydrogen-bond donors (Lipinski definition) is 0. The summed E-state index contributed by atoms with van der Waals surface area (Å²) in [5, 5.41) is 4.22. The molecule has 0 amide bonds. The van der Waals surface area contributed by atoms with Crippen LogP contribution in [-0.4, -0.2) is 14.8 Å². The van der Waals surface area contributed by atoms with Crippen molar-refractivity contribution < 1.29 is 0 Å². The zero-order valence-corrected chi connectivity index (χ0v) is 10.8. The lowest BCUT2D eigenvalue weighted by atomic mass is 10.4. The van der Waals surface area contributed by atoms with E-state index in [1.807, 2.05) is 23.0 Å². The Kier molecular flexibility index (Phi) is 2.82. The molecule has 2 aromatic rings. The minimum atomic E-state index is 1.07.